The molecule has 0 saturated heterocycles. The van der Waals surface area contributed by atoms with Crippen LogP contribution in [0, 0.1) is 0 Å². The SMILES string of the molecule is O=C(/N=[SH](=O)\c1ccccc1)c1cncc(-c2ccccc2)c1. The number of pyridine rings is 1. The van der Waals surface area contributed by atoms with Crippen molar-refractivity contribution in [2.75, 3.05) is 0 Å². The van der Waals surface area contributed by atoms with Crippen molar-refractivity contribution < 1.29 is 9.00 Å². The highest BCUT2D eigenvalue weighted by Gasteiger charge is 2.07. The second-order valence-electron chi connectivity index (χ2n) is 4.84. The van der Waals surface area contributed by atoms with Crippen molar-refractivity contribution in [1.82, 2.24) is 4.98 Å². The van der Waals surface area contributed by atoms with E-state index in [9.17, 15) is 9.00 Å². The molecule has 114 valence electrons. The highest BCUT2D eigenvalue weighted by atomic mass is 32.2. The van der Waals surface area contributed by atoms with Crippen LogP contribution in [0.4, 0.5) is 0 Å². The van der Waals surface area contributed by atoms with E-state index in [0.29, 0.717) is 10.5 Å². The maximum absolute atomic E-state index is 12.2. The van der Waals surface area contributed by atoms with Gasteiger partial charge in [0.2, 0.25) is 0 Å². The summed E-state index contributed by atoms with van der Waals surface area (Å²) < 4.78 is 15.9. The van der Waals surface area contributed by atoms with Gasteiger partial charge in [0.25, 0.3) is 5.91 Å². The lowest BCUT2D eigenvalue weighted by atomic mass is 10.1. The largest absolute Gasteiger partial charge is 0.286 e. The topological polar surface area (TPSA) is 59.4 Å². The highest BCUT2D eigenvalue weighted by Crippen LogP contribution is 2.19. The van der Waals surface area contributed by atoms with Gasteiger partial charge in [0, 0.05) is 22.9 Å². The van der Waals surface area contributed by atoms with Crippen LogP contribution in [0.2, 0.25) is 0 Å². The summed E-state index contributed by atoms with van der Waals surface area (Å²) in [6.45, 7) is 0. The van der Waals surface area contributed by atoms with Crippen LogP contribution >= 0.6 is 0 Å². The van der Waals surface area contributed by atoms with Crippen LogP contribution in [0.1, 0.15) is 10.4 Å². The Kier molecular flexibility index (Phi) is 4.59. The smallest absolute Gasteiger partial charge is 0.266 e. The average Bonchev–Trinajstić information content (AvgIpc) is 2.63. The number of rotatable bonds is 3. The molecule has 3 rings (SSSR count). The maximum atomic E-state index is 12.2. The van der Waals surface area contributed by atoms with E-state index in [0.717, 1.165) is 11.1 Å². The van der Waals surface area contributed by atoms with Gasteiger partial charge >= 0.3 is 0 Å². The molecule has 0 aliphatic carbocycles. The number of aromatic nitrogens is 1. The van der Waals surface area contributed by atoms with Gasteiger partial charge in [0.05, 0.1) is 16.2 Å². The second kappa shape index (κ2) is 6.98. The summed E-state index contributed by atoms with van der Waals surface area (Å²) in [6.07, 6.45) is 3.12. The molecule has 0 fully saturated rings. The molecular weight excluding hydrogens is 308 g/mol. The third kappa shape index (κ3) is 3.70. The van der Waals surface area contributed by atoms with E-state index in [1.807, 2.05) is 36.4 Å². The minimum absolute atomic E-state index is 0.325. The Morgan fingerprint density at radius 2 is 1.52 bits per heavy atom. The molecule has 1 amide bonds. The van der Waals surface area contributed by atoms with E-state index in [1.54, 1.807) is 36.5 Å². The van der Waals surface area contributed by atoms with Gasteiger partial charge in [-0.2, -0.15) is 4.36 Å². The Morgan fingerprint density at radius 1 is 0.870 bits per heavy atom. The van der Waals surface area contributed by atoms with E-state index < -0.39 is 16.5 Å². The normalized spacial score (nSPS) is 12.0. The van der Waals surface area contributed by atoms with Gasteiger partial charge in [-0.05, 0) is 23.8 Å². The van der Waals surface area contributed by atoms with Crippen LogP contribution in [-0.4, -0.2) is 15.1 Å². The van der Waals surface area contributed by atoms with Crippen molar-refractivity contribution in [3.63, 3.8) is 0 Å². The highest BCUT2D eigenvalue weighted by molar-refractivity contribution is 7.75. The Labute approximate surface area is 136 Å². The van der Waals surface area contributed by atoms with E-state index in [2.05, 4.69) is 9.35 Å². The van der Waals surface area contributed by atoms with Crippen molar-refractivity contribution >= 4 is 16.5 Å². The molecule has 0 N–H and O–H groups in total. The zero-order valence-corrected chi connectivity index (χ0v) is 13.1. The van der Waals surface area contributed by atoms with Gasteiger partial charge in [-0.15, -0.1) is 0 Å². The van der Waals surface area contributed by atoms with Gasteiger partial charge in [-0.3, -0.25) is 9.78 Å². The first-order chi connectivity index (χ1) is 11.2. The first-order valence-electron chi connectivity index (χ1n) is 7.03. The van der Waals surface area contributed by atoms with Crippen LogP contribution in [0.25, 0.3) is 11.1 Å². The summed E-state index contributed by atoms with van der Waals surface area (Å²) in [5.41, 5.74) is 2.11. The first-order valence-corrected chi connectivity index (χ1v) is 8.24. The molecule has 0 saturated carbocycles. The van der Waals surface area contributed by atoms with Crippen LogP contribution in [0.5, 0.6) is 0 Å². The number of carbonyl (C=O) groups excluding carboxylic acids is 1. The molecule has 23 heavy (non-hydrogen) atoms. The number of thiol groups is 1. The van der Waals surface area contributed by atoms with Crippen molar-refractivity contribution in [3.8, 4) is 11.1 Å². The Bertz CT molecular complexity index is 903. The minimum atomic E-state index is -2.10. The number of amides is 1. The fourth-order valence-corrected chi connectivity index (χ4v) is 2.92. The number of benzene rings is 2. The number of nitrogens with zero attached hydrogens (tertiary/aromatic N) is 2. The van der Waals surface area contributed by atoms with Crippen LogP contribution in [-0.2, 0) is 10.6 Å². The van der Waals surface area contributed by atoms with Crippen LogP contribution < -0.4 is 0 Å². The minimum Gasteiger partial charge on any atom is -0.266 e. The van der Waals surface area contributed by atoms with E-state index in [1.165, 1.54) is 6.20 Å². The summed E-state index contributed by atoms with van der Waals surface area (Å²) in [5, 5.41) is 0. The number of hydrogen-bond acceptors (Lipinski definition) is 3. The molecule has 0 aliphatic heterocycles. The van der Waals surface area contributed by atoms with Crippen LogP contribution in [0.15, 0.2) is 88.4 Å². The monoisotopic (exact) mass is 322 g/mol. The van der Waals surface area contributed by atoms with Gasteiger partial charge in [-0.25, -0.2) is 4.21 Å². The average molecular weight is 322 g/mol. The number of hydrogen-bond donors (Lipinski definition) is 1. The quantitative estimate of drug-likeness (QED) is 0.749. The Morgan fingerprint density at radius 3 is 2.22 bits per heavy atom. The summed E-state index contributed by atoms with van der Waals surface area (Å²) in [4.78, 5) is 16.8. The standard InChI is InChI=1S/C18H14N2O2S/c21-18(20-23(22)17-9-5-2-6-10-17)16-11-15(12-19-13-16)14-7-3-1-4-8-14/h1-13,23H. The summed E-state index contributed by atoms with van der Waals surface area (Å²) in [5.74, 6) is -0.528. The molecule has 1 heterocycles. The second-order valence-corrected chi connectivity index (χ2v) is 6.10. The molecule has 3 aromatic rings. The lowest BCUT2D eigenvalue weighted by molar-refractivity contribution is 0.100. The Balaban J connectivity index is 1.90. The van der Waals surface area contributed by atoms with Gasteiger partial charge in [0.1, 0.15) is 0 Å². The molecule has 4 nitrogen and oxygen atoms in total. The molecule has 1 unspecified atom stereocenters. The maximum Gasteiger partial charge on any atom is 0.286 e. The van der Waals surface area contributed by atoms with Crippen molar-refractivity contribution in [1.29, 1.82) is 0 Å². The van der Waals surface area contributed by atoms with E-state index in [4.69, 9.17) is 0 Å². The van der Waals surface area contributed by atoms with Gasteiger partial charge in [0.15, 0.2) is 0 Å². The molecule has 0 bridgehead atoms. The third-order valence-corrected chi connectivity index (χ3v) is 4.35. The molecule has 1 atom stereocenters. The fraction of sp³-hybridized carbons (Fsp3) is 0. The van der Waals surface area contributed by atoms with E-state index >= 15 is 0 Å². The van der Waals surface area contributed by atoms with Crippen molar-refractivity contribution in [3.05, 3.63) is 84.7 Å². The predicted molar refractivity (Wildman–Crippen MR) is 90.7 cm³/mol. The van der Waals surface area contributed by atoms with Gasteiger partial charge < -0.3 is 0 Å². The lowest BCUT2D eigenvalue weighted by Gasteiger charge is -2.02. The zero-order chi connectivity index (χ0) is 16.1. The molecular formula is C18H14N2O2S. The van der Waals surface area contributed by atoms with Gasteiger partial charge in [-0.1, -0.05) is 48.5 Å². The van der Waals surface area contributed by atoms with Crippen LogP contribution in [0.3, 0.4) is 0 Å². The zero-order valence-electron chi connectivity index (χ0n) is 12.2. The molecule has 2 aromatic carbocycles. The summed E-state index contributed by atoms with van der Waals surface area (Å²) >= 11 is 0. The Hall–Kier alpha value is -2.79. The van der Waals surface area contributed by atoms with Crippen molar-refractivity contribution in [2.45, 2.75) is 4.90 Å². The molecule has 5 heteroatoms. The van der Waals surface area contributed by atoms with Crippen molar-refractivity contribution in [2.24, 2.45) is 4.36 Å². The predicted octanol–water partition coefficient (Wildman–Crippen LogP) is 3.61. The molecule has 0 radical (unpaired) electrons. The molecule has 0 spiro atoms. The third-order valence-electron chi connectivity index (χ3n) is 3.25. The first kappa shape index (κ1) is 15.1. The lowest BCUT2D eigenvalue weighted by Crippen LogP contribution is -1.97. The summed E-state index contributed by atoms with van der Waals surface area (Å²) in [6, 6.07) is 20.1. The molecule has 1 aromatic heterocycles. The van der Waals surface area contributed by atoms with E-state index in [-0.39, 0.29) is 0 Å². The molecule has 0 aliphatic rings. The fourth-order valence-electron chi connectivity index (χ4n) is 2.10. The summed E-state index contributed by atoms with van der Waals surface area (Å²) in [7, 11) is -2.10. The number of carbonyl (C=O) groups is 1.